The number of carbonyl (C=O) groups is 3. The predicted octanol–water partition coefficient (Wildman–Crippen LogP) is -2.23. The first-order valence-electron chi connectivity index (χ1n) is 10.9. The summed E-state index contributed by atoms with van der Waals surface area (Å²) in [6, 6.07) is 3.50. The van der Waals surface area contributed by atoms with E-state index in [1.54, 1.807) is 0 Å². The summed E-state index contributed by atoms with van der Waals surface area (Å²) in [5.41, 5.74) is 9.72. The molecule has 2 atom stereocenters. The smallest absolute Gasteiger partial charge is 0.286 e. The van der Waals surface area contributed by atoms with Gasteiger partial charge in [-0.15, -0.1) is 0 Å². The number of ether oxygens (including phenoxy) is 2. The Morgan fingerprint density at radius 2 is 1.50 bits per heavy atom. The van der Waals surface area contributed by atoms with Gasteiger partial charge in [0.05, 0.1) is 37.4 Å². The summed E-state index contributed by atoms with van der Waals surface area (Å²) in [5, 5.41) is 10.2. The molecule has 0 fully saturated rings. The fraction of sp³-hybridized carbons (Fsp3) is 0.571. The zero-order valence-corrected chi connectivity index (χ0v) is 20.4. The molecule has 1 aromatic rings. The lowest BCUT2D eigenvalue weighted by Crippen LogP contribution is -2.73. The molecule has 192 valence electrons. The molecule has 0 aromatic heterocycles. The van der Waals surface area contributed by atoms with Crippen LogP contribution >= 0.6 is 0 Å². The van der Waals surface area contributed by atoms with Crippen molar-refractivity contribution in [1.29, 1.82) is 0 Å². The summed E-state index contributed by atoms with van der Waals surface area (Å²) in [7, 11) is -3.80. The Morgan fingerprint density at radius 3 is 2.00 bits per heavy atom. The van der Waals surface area contributed by atoms with Crippen LogP contribution in [0.15, 0.2) is 29.2 Å². The number of nitrogens with one attached hydrogen (secondary N) is 2. The number of carbonyl (C=O) groups excluding carboxylic acids is 3. The Balaban J connectivity index is 2.10. The van der Waals surface area contributed by atoms with Gasteiger partial charge in [-0.3, -0.25) is 14.4 Å². The molecule has 0 aliphatic rings. The van der Waals surface area contributed by atoms with Gasteiger partial charge in [0.15, 0.2) is 0 Å². The van der Waals surface area contributed by atoms with Gasteiger partial charge in [-0.2, -0.15) is 0 Å². The summed E-state index contributed by atoms with van der Waals surface area (Å²) in [6.07, 6.45) is 0.499. The van der Waals surface area contributed by atoms with Crippen LogP contribution in [0.25, 0.3) is 0 Å². The Hall–Kier alpha value is -2.42. The topological polar surface area (TPSA) is 208 Å². The maximum atomic E-state index is 12.1. The Bertz CT molecular complexity index is 907. The number of hydrogen-bond donors (Lipinski definition) is 5. The molecule has 0 spiro atoms. The van der Waals surface area contributed by atoms with Crippen LogP contribution in [0.1, 0.15) is 30.6 Å². The first-order chi connectivity index (χ1) is 15.9. The van der Waals surface area contributed by atoms with Crippen molar-refractivity contribution in [1.82, 2.24) is 10.6 Å². The Kier molecular flexibility index (Phi) is 12.9. The third-order valence-corrected chi connectivity index (χ3v) is 5.57. The van der Waals surface area contributed by atoms with Crippen molar-refractivity contribution in [2.24, 2.45) is 16.8 Å². The molecule has 2 amide bonds. The summed E-state index contributed by atoms with van der Waals surface area (Å²) in [4.78, 5) is 36.0. The van der Waals surface area contributed by atoms with Gasteiger partial charge in [-0.25, -0.2) is 13.6 Å². The second-order valence-electron chi connectivity index (χ2n) is 8.03. The fourth-order valence-corrected chi connectivity index (χ4v) is 3.35. The average Bonchev–Trinajstić information content (AvgIpc) is 2.77. The minimum Gasteiger partial charge on any atom is -0.377 e. The van der Waals surface area contributed by atoms with Crippen molar-refractivity contribution >= 4 is 27.6 Å². The molecule has 1 unspecified atom stereocenters. The summed E-state index contributed by atoms with van der Waals surface area (Å²) >= 11 is 0. The average molecular weight is 503 g/mol. The molecule has 0 saturated heterocycles. The van der Waals surface area contributed by atoms with Gasteiger partial charge < -0.3 is 31.6 Å². The fourth-order valence-electron chi connectivity index (χ4n) is 2.84. The van der Waals surface area contributed by atoms with E-state index in [0.717, 1.165) is 0 Å². The van der Waals surface area contributed by atoms with Gasteiger partial charge in [0, 0.05) is 18.7 Å². The lowest BCUT2D eigenvalue weighted by molar-refractivity contribution is -0.389. The van der Waals surface area contributed by atoms with E-state index in [4.69, 9.17) is 20.3 Å². The van der Waals surface area contributed by atoms with E-state index in [9.17, 15) is 22.8 Å². The Morgan fingerprint density at radius 1 is 0.971 bits per heavy atom. The monoisotopic (exact) mass is 502 g/mol. The highest BCUT2D eigenvalue weighted by atomic mass is 32.2. The molecule has 13 heteroatoms. The van der Waals surface area contributed by atoms with Gasteiger partial charge in [0.25, 0.3) is 11.8 Å². The molecule has 1 aromatic carbocycles. The summed E-state index contributed by atoms with van der Waals surface area (Å²) in [5.74, 6) is -0.991. The minimum atomic E-state index is -3.80. The largest absolute Gasteiger partial charge is 0.377 e. The molecule has 0 radical (unpaired) electrons. The standard InChI is InChI=1S/C21H35N5O7S/c1-14(2)13-17(22)19(27)18(23)21(29)26-8-10-33-12-11-32-9-7-25-20(28)15-3-5-16(6-4-15)34(24,30)31/h3-6,14,17-18H,7-13,22-23H2,1-2H3,(H,25,28)(H,26,29)(H2,24,30,31)/p+1/t17?,18-/m1/s1. The zero-order chi connectivity index (χ0) is 25.7. The maximum absolute atomic E-state index is 12.1. The van der Waals surface area contributed by atoms with Gasteiger partial charge in [0.1, 0.15) is 0 Å². The van der Waals surface area contributed by atoms with Crippen molar-refractivity contribution in [3.05, 3.63) is 29.8 Å². The number of quaternary nitrogens is 1. The third-order valence-electron chi connectivity index (χ3n) is 4.65. The zero-order valence-electron chi connectivity index (χ0n) is 19.6. The highest BCUT2D eigenvalue weighted by Crippen LogP contribution is 2.08. The van der Waals surface area contributed by atoms with Crippen molar-refractivity contribution in [2.45, 2.75) is 37.2 Å². The lowest BCUT2D eigenvalue weighted by atomic mass is 9.97. The van der Waals surface area contributed by atoms with Crippen LogP contribution in [0.2, 0.25) is 0 Å². The molecule has 0 aliphatic heterocycles. The Labute approximate surface area is 199 Å². The number of hydrogen-bond acceptors (Lipinski definition) is 8. The van der Waals surface area contributed by atoms with Crippen molar-refractivity contribution in [2.75, 3.05) is 39.5 Å². The minimum absolute atomic E-state index is 0.0718. The molecular formula is C21H36N5O7S+. The number of Topliss-reactive ketones (excluding diaryl/α,β-unsaturated/α-hetero) is 1. The van der Waals surface area contributed by atoms with E-state index in [1.807, 2.05) is 13.8 Å². The van der Waals surface area contributed by atoms with Gasteiger partial charge in [-0.05, 0) is 36.6 Å². The number of benzene rings is 1. The van der Waals surface area contributed by atoms with E-state index >= 15 is 0 Å². The molecule has 0 bridgehead atoms. The van der Waals surface area contributed by atoms with Gasteiger partial charge in [0.2, 0.25) is 21.8 Å². The highest BCUT2D eigenvalue weighted by molar-refractivity contribution is 7.89. The third kappa shape index (κ3) is 11.1. The van der Waals surface area contributed by atoms with Crippen LogP contribution in [0.5, 0.6) is 0 Å². The van der Waals surface area contributed by atoms with E-state index < -0.39 is 28.0 Å². The predicted molar refractivity (Wildman–Crippen MR) is 124 cm³/mol. The van der Waals surface area contributed by atoms with Gasteiger partial charge in [-0.1, -0.05) is 13.8 Å². The van der Waals surface area contributed by atoms with Crippen LogP contribution in [-0.4, -0.2) is 77.6 Å². The molecule has 34 heavy (non-hydrogen) atoms. The number of primary sulfonamides is 1. The van der Waals surface area contributed by atoms with E-state index in [1.165, 1.54) is 24.3 Å². The van der Waals surface area contributed by atoms with Crippen LogP contribution in [0, 0.1) is 5.92 Å². The maximum Gasteiger partial charge on any atom is 0.286 e. The second-order valence-corrected chi connectivity index (χ2v) is 9.59. The number of nitrogens with two attached hydrogens (primary N) is 2. The van der Waals surface area contributed by atoms with E-state index in [0.29, 0.717) is 12.0 Å². The SMILES string of the molecule is CC(C)CC(N)C(=O)[C@@H]([NH3+])C(=O)NCCOCCOCCNC(=O)c1ccc(S(N)(=O)=O)cc1. The number of rotatable bonds is 16. The summed E-state index contributed by atoms with van der Waals surface area (Å²) in [6.45, 7) is 5.42. The molecule has 1 rings (SSSR count). The number of amides is 2. The van der Waals surface area contributed by atoms with Crippen LogP contribution in [0.3, 0.4) is 0 Å². The van der Waals surface area contributed by atoms with Gasteiger partial charge >= 0.3 is 0 Å². The molecule has 0 saturated carbocycles. The molecule has 9 N–H and O–H groups in total. The first kappa shape index (κ1) is 29.6. The van der Waals surface area contributed by atoms with E-state index in [-0.39, 0.29) is 62.0 Å². The van der Waals surface area contributed by atoms with Crippen molar-refractivity contribution in [3.63, 3.8) is 0 Å². The van der Waals surface area contributed by atoms with Crippen LogP contribution in [0.4, 0.5) is 0 Å². The lowest BCUT2D eigenvalue weighted by Gasteiger charge is -2.15. The molecular weight excluding hydrogens is 466 g/mol. The summed E-state index contributed by atoms with van der Waals surface area (Å²) < 4.78 is 33.1. The molecule has 0 aliphatic carbocycles. The normalized spacial score (nSPS) is 13.4. The number of ketones is 1. The number of sulfonamides is 1. The molecule has 0 heterocycles. The quantitative estimate of drug-likeness (QED) is 0.123. The molecule has 12 nitrogen and oxygen atoms in total. The first-order valence-corrected chi connectivity index (χ1v) is 12.4. The van der Waals surface area contributed by atoms with Crippen molar-refractivity contribution in [3.8, 4) is 0 Å². The van der Waals surface area contributed by atoms with Crippen molar-refractivity contribution < 1.29 is 38.0 Å². The second kappa shape index (κ2) is 14.8. The van der Waals surface area contributed by atoms with E-state index in [2.05, 4.69) is 16.4 Å². The highest BCUT2D eigenvalue weighted by Gasteiger charge is 2.30. The van der Waals surface area contributed by atoms with Crippen LogP contribution < -0.4 is 27.2 Å². The van der Waals surface area contributed by atoms with Crippen LogP contribution in [-0.2, 0) is 29.1 Å².